The molecule has 0 saturated heterocycles. The predicted molar refractivity (Wildman–Crippen MR) is 76.9 cm³/mol. The van der Waals surface area contributed by atoms with Gasteiger partial charge in [-0.15, -0.1) is 0 Å². The minimum Gasteiger partial charge on any atom is -0.428 e. The fourth-order valence-corrected chi connectivity index (χ4v) is 1.91. The lowest BCUT2D eigenvalue weighted by Gasteiger charge is -2.05. The molecule has 23 heavy (non-hydrogen) atoms. The van der Waals surface area contributed by atoms with E-state index in [4.69, 9.17) is 0 Å². The molecule has 1 nitrogen and oxygen atoms in total. The van der Waals surface area contributed by atoms with Crippen LogP contribution in [0, 0.1) is 0 Å². The third-order valence-electron chi connectivity index (χ3n) is 2.94. The van der Waals surface area contributed by atoms with Crippen LogP contribution in [0.25, 0.3) is 6.08 Å². The van der Waals surface area contributed by atoms with Crippen LogP contribution in [0.2, 0.25) is 0 Å². The Morgan fingerprint density at radius 1 is 0.783 bits per heavy atom. The summed E-state index contributed by atoms with van der Waals surface area (Å²) < 4.78 is 65.0. The maximum atomic E-state index is 12.6. The Morgan fingerprint density at radius 3 is 1.78 bits per heavy atom. The van der Waals surface area contributed by atoms with Crippen molar-refractivity contribution in [3.05, 3.63) is 83.4 Å². The van der Waals surface area contributed by atoms with Crippen molar-refractivity contribution in [3.8, 4) is 5.75 Å². The summed E-state index contributed by atoms with van der Waals surface area (Å²) >= 11 is 0. The van der Waals surface area contributed by atoms with E-state index in [9.17, 15) is 22.0 Å². The third kappa shape index (κ3) is 5.25. The van der Waals surface area contributed by atoms with E-state index in [-0.39, 0.29) is 5.75 Å². The summed E-state index contributed by atoms with van der Waals surface area (Å²) in [5, 5.41) is 0. The zero-order valence-corrected chi connectivity index (χ0v) is 11.7. The number of hydrogen-bond acceptors (Lipinski definition) is 1. The standard InChI is InChI=1S/C17H11F5O/c18-15(19)10-13-3-1-11(2-4-13)9-12-5-7-14(8-6-12)23-17(22)16(20)21/h1-8,10H,9H2. The van der Waals surface area contributed by atoms with Gasteiger partial charge in [-0.3, -0.25) is 0 Å². The van der Waals surface area contributed by atoms with Gasteiger partial charge >= 0.3 is 12.1 Å². The highest BCUT2D eigenvalue weighted by Crippen LogP contribution is 2.20. The van der Waals surface area contributed by atoms with Gasteiger partial charge in [-0.05, 0) is 35.2 Å². The summed E-state index contributed by atoms with van der Waals surface area (Å²) in [5.41, 5.74) is 2.12. The topological polar surface area (TPSA) is 9.23 Å². The minimum atomic E-state index is -2.52. The summed E-state index contributed by atoms with van der Waals surface area (Å²) in [4.78, 5) is 0. The Balaban J connectivity index is 2.03. The second kappa shape index (κ2) is 7.58. The van der Waals surface area contributed by atoms with Gasteiger partial charge in [0.15, 0.2) is 0 Å². The van der Waals surface area contributed by atoms with Gasteiger partial charge in [0.05, 0.1) is 0 Å². The Labute approximate surface area is 129 Å². The van der Waals surface area contributed by atoms with Crippen LogP contribution in [-0.4, -0.2) is 0 Å². The van der Waals surface area contributed by atoms with Crippen LogP contribution in [0.15, 0.2) is 66.7 Å². The van der Waals surface area contributed by atoms with Crippen molar-refractivity contribution in [3.63, 3.8) is 0 Å². The molecule has 2 aromatic carbocycles. The molecule has 0 heterocycles. The molecular weight excluding hydrogens is 315 g/mol. The van der Waals surface area contributed by atoms with E-state index >= 15 is 0 Å². The van der Waals surface area contributed by atoms with Gasteiger partial charge in [0.2, 0.25) is 0 Å². The Morgan fingerprint density at radius 2 is 1.30 bits per heavy atom. The van der Waals surface area contributed by atoms with E-state index in [1.54, 1.807) is 36.4 Å². The third-order valence-corrected chi connectivity index (χ3v) is 2.94. The zero-order chi connectivity index (χ0) is 16.8. The van der Waals surface area contributed by atoms with Crippen molar-refractivity contribution in [2.75, 3.05) is 0 Å². The first-order valence-electron chi connectivity index (χ1n) is 6.53. The molecular formula is C17H11F5O. The van der Waals surface area contributed by atoms with Gasteiger partial charge in [-0.25, -0.2) is 0 Å². The molecule has 0 amide bonds. The minimum absolute atomic E-state index is 0.0436. The maximum absolute atomic E-state index is 12.6. The highest BCUT2D eigenvalue weighted by Gasteiger charge is 2.07. The molecule has 0 bridgehead atoms. The van der Waals surface area contributed by atoms with Crippen LogP contribution in [0.5, 0.6) is 5.75 Å². The Kier molecular flexibility index (Phi) is 5.51. The van der Waals surface area contributed by atoms with Crippen molar-refractivity contribution in [2.45, 2.75) is 6.42 Å². The molecule has 0 radical (unpaired) electrons. The fourth-order valence-electron chi connectivity index (χ4n) is 1.91. The molecule has 0 saturated carbocycles. The van der Waals surface area contributed by atoms with Crippen LogP contribution in [0.3, 0.4) is 0 Å². The monoisotopic (exact) mass is 326 g/mol. The first-order chi connectivity index (χ1) is 10.9. The van der Waals surface area contributed by atoms with E-state index in [2.05, 4.69) is 4.74 Å². The Hall–Kier alpha value is -2.63. The summed E-state index contributed by atoms with van der Waals surface area (Å²) in [6.45, 7) is 0. The van der Waals surface area contributed by atoms with Crippen LogP contribution < -0.4 is 4.74 Å². The van der Waals surface area contributed by atoms with Crippen molar-refractivity contribution >= 4 is 6.08 Å². The highest BCUT2D eigenvalue weighted by atomic mass is 19.3. The smallest absolute Gasteiger partial charge is 0.344 e. The molecule has 0 unspecified atom stereocenters. The van der Waals surface area contributed by atoms with Crippen LogP contribution in [-0.2, 0) is 6.42 Å². The number of halogens is 5. The number of ether oxygens (including phenoxy) is 1. The lowest BCUT2D eigenvalue weighted by molar-refractivity contribution is 0.241. The number of benzene rings is 2. The van der Waals surface area contributed by atoms with Gasteiger partial charge in [0.25, 0.3) is 6.08 Å². The van der Waals surface area contributed by atoms with Gasteiger partial charge in [0, 0.05) is 6.08 Å². The molecule has 2 rings (SSSR count). The van der Waals surface area contributed by atoms with Gasteiger partial charge in [-0.2, -0.15) is 22.0 Å². The molecule has 2 aromatic rings. The van der Waals surface area contributed by atoms with E-state index in [0.29, 0.717) is 12.0 Å². The van der Waals surface area contributed by atoms with Crippen LogP contribution >= 0.6 is 0 Å². The maximum Gasteiger partial charge on any atom is 0.344 e. The molecule has 120 valence electrons. The quantitative estimate of drug-likeness (QED) is 0.489. The second-order valence-corrected chi connectivity index (χ2v) is 4.63. The predicted octanol–water partition coefficient (Wildman–Crippen LogP) is 5.93. The van der Waals surface area contributed by atoms with E-state index in [1.165, 1.54) is 12.1 Å². The summed E-state index contributed by atoms with van der Waals surface area (Å²) in [6, 6.07) is 10.6. The molecule has 0 N–H and O–H groups in total. The molecule has 0 atom stereocenters. The second-order valence-electron chi connectivity index (χ2n) is 4.63. The van der Waals surface area contributed by atoms with Crippen molar-refractivity contribution in [1.82, 2.24) is 0 Å². The average Bonchev–Trinajstić information content (AvgIpc) is 2.50. The molecule has 0 aromatic heterocycles. The molecule has 0 aliphatic carbocycles. The largest absolute Gasteiger partial charge is 0.428 e. The summed E-state index contributed by atoms with van der Waals surface area (Å²) in [7, 11) is 0. The zero-order valence-electron chi connectivity index (χ0n) is 11.7. The van der Waals surface area contributed by atoms with Gasteiger partial charge in [0.1, 0.15) is 5.75 Å². The normalized spacial score (nSPS) is 10.1. The van der Waals surface area contributed by atoms with Gasteiger partial charge in [-0.1, -0.05) is 36.4 Å². The van der Waals surface area contributed by atoms with Crippen LogP contribution in [0.1, 0.15) is 16.7 Å². The van der Waals surface area contributed by atoms with Gasteiger partial charge < -0.3 is 4.74 Å². The van der Waals surface area contributed by atoms with E-state index < -0.39 is 18.2 Å². The van der Waals surface area contributed by atoms with Crippen LogP contribution in [0.4, 0.5) is 22.0 Å². The van der Waals surface area contributed by atoms with E-state index in [0.717, 1.165) is 17.2 Å². The molecule has 0 aliphatic rings. The summed E-state index contributed by atoms with van der Waals surface area (Å²) in [5.74, 6) is -0.0436. The summed E-state index contributed by atoms with van der Waals surface area (Å²) in [6.07, 6.45) is -3.01. The fraction of sp³-hybridized carbons (Fsp3) is 0.0588. The lowest BCUT2D eigenvalue weighted by atomic mass is 10.0. The molecule has 0 fully saturated rings. The van der Waals surface area contributed by atoms with Crippen molar-refractivity contribution in [2.24, 2.45) is 0 Å². The first-order valence-corrected chi connectivity index (χ1v) is 6.53. The molecule has 6 heteroatoms. The highest BCUT2D eigenvalue weighted by molar-refractivity contribution is 5.50. The average molecular weight is 326 g/mol. The lowest BCUT2D eigenvalue weighted by Crippen LogP contribution is -1.92. The number of hydrogen-bond donors (Lipinski definition) is 0. The molecule has 0 aliphatic heterocycles. The number of rotatable bonds is 5. The first kappa shape index (κ1) is 16.7. The Bertz CT molecular complexity index is 710. The van der Waals surface area contributed by atoms with Crippen molar-refractivity contribution < 1.29 is 26.7 Å². The van der Waals surface area contributed by atoms with Crippen molar-refractivity contribution in [1.29, 1.82) is 0 Å². The molecule has 0 spiro atoms. The SMILES string of the molecule is FC(F)=Cc1ccc(Cc2ccc(OC(F)=C(F)F)cc2)cc1. The van der Waals surface area contributed by atoms with E-state index in [1.807, 2.05) is 0 Å².